The molecule has 0 fully saturated rings. The molecule has 0 aliphatic carbocycles. The van der Waals surface area contributed by atoms with Gasteiger partial charge >= 0.3 is 0 Å². The van der Waals surface area contributed by atoms with Crippen molar-refractivity contribution in [1.29, 1.82) is 0 Å². The summed E-state index contributed by atoms with van der Waals surface area (Å²) in [5.41, 5.74) is 8.27. The second kappa shape index (κ2) is 4.67. The highest BCUT2D eigenvalue weighted by Gasteiger charge is 2.10. The van der Waals surface area contributed by atoms with Gasteiger partial charge < -0.3 is 15.3 Å². The van der Waals surface area contributed by atoms with Crippen molar-refractivity contribution in [2.24, 2.45) is 5.73 Å². The van der Waals surface area contributed by atoms with Gasteiger partial charge in [-0.2, -0.15) is 5.48 Å². The van der Waals surface area contributed by atoms with Crippen LogP contribution in [0.15, 0.2) is 36.1 Å². The number of amides is 1. The number of para-hydroxylation sites is 1. The van der Waals surface area contributed by atoms with Crippen LogP contribution in [-0.4, -0.2) is 19.1 Å². The van der Waals surface area contributed by atoms with Crippen molar-refractivity contribution in [3.63, 3.8) is 0 Å². The zero-order chi connectivity index (χ0) is 11.4. The molecule has 1 amide bonds. The minimum atomic E-state index is -0.505. The number of hydrogen-bond donors (Lipinski definition) is 2. The van der Waals surface area contributed by atoms with E-state index >= 15 is 0 Å². The van der Waals surface area contributed by atoms with E-state index in [2.05, 4.69) is 5.48 Å². The normalized spacial score (nSPS) is 14.1. The highest BCUT2D eigenvalue weighted by molar-refractivity contribution is 5.95. The Morgan fingerprint density at radius 1 is 1.50 bits per heavy atom. The maximum atomic E-state index is 11.1. The summed E-state index contributed by atoms with van der Waals surface area (Å²) in [5.74, 6) is 0.653. The zero-order valence-corrected chi connectivity index (χ0v) is 8.60. The van der Waals surface area contributed by atoms with Gasteiger partial charge in [-0.3, -0.25) is 4.79 Å². The van der Waals surface area contributed by atoms with E-state index in [1.807, 2.05) is 6.08 Å². The van der Waals surface area contributed by atoms with Crippen molar-refractivity contribution < 1.29 is 14.4 Å². The molecule has 1 aromatic carbocycles. The minimum Gasteiger partial charge on any atom is -0.485 e. The third-order valence-electron chi connectivity index (χ3n) is 2.14. The Bertz CT molecular complexity index is 429. The molecule has 0 atom stereocenters. The summed E-state index contributed by atoms with van der Waals surface area (Å²) in [4.78, 5) is 16.1. The first-order chi connectivity index (χ1) is 7.77. The number of primary amides is 1. The first-order valence-corrected chi connectivity index (χ1v) is 4.88. The van der Waals surface area contributed by atoms with Crippen LogP contribution in [0, 0.1) is 0 Å². The number of benzene rings is 1. The maximum absolute atomic E-state index is 11.1. The van der Waals surface area contributed by atoms with E-state index in [0.717, 1.165) is 0 Å². The van der Waals surface area contributed by atoms with Crippen LogP contribution in [0.25, 0.3) is 0 Å². The van der Waals surface area contributed by atoms with Crippen molar-refractivity contribution in [3.05, 3.63) is 41.7 Å². The Kier molecular flexibility index (Phi) is 3.07. The number of nitrogens with two attached hydrogens (primary N) is 1. The van der Waals surface area contributed by atoms with E-state index < -0.39 is 5.91 Å². The van der Waals surface area contributed by atoms with E-state index in [4.69, 9.17) is 15.3 Å². The molecule has 1 heterocycles. The molecule has 0 radical (unpaired) electrons. The highest BCUT2D eigenvalue weighted by atomic mass is 16.7. The average Bonchev–Trinajstić information content (AvgIpc) is 2.79. The van der Waals surface area contributed by atoms with Gasteiger partial charge in [0.2, 0.25) is 0 Å². The van der Waals surface area contributed by atoms with Crippen LogP contribution in [0.5, 0.6) is 5.75 Å². The predicted octanol–water partition coefficient (Wildman–Crippen LogP) is 0.583. The van der Waals surface area contributed by atoms with Gasteiger partial charge in [0.05, 0.1) is 12.1 Å². The lowest BCUT2D eigenvalue weighted by Gasteiger charge is -2.09. The van der Waals surface area contributed by atoms with Gasteiger partial charge in [-0.15, -0.1) is 0 Å². The molecule has 5 nitrogen and oxygen atoms in total. The van der Waals surface area contributed by atoms with Crippen LogP contribution >= 0.6 is 0 Å². The Labute approximate surface area is 92.8 Å². The Hall–Kier alpha value is -2.01. The molecule has 0 aromatic heterocycles. The Morgan fingerprint density at radius 2 is 2.31 bits per heavy atom. The topological polar surface area (TPSA) is 73.6 Å². The number of carbonyl (C=O) groups excluding carboxylic acids is 1. The fourth-order valence-electron chi connectivity index (χ4n) is 1.36. The van der Waals surface area contributed by atoms with Gasteiger partial charge in [-0.25, -0.2) is 0 Å². The smallest absolute Gasteiger partial charge is 0.252 e. The van der Waals surface area contributed by atoms with Crippen LogP contribution < -0.4 is 16.0 Å². The molecule has 1 aromatic rings. The fraction of sp³-hybridized carbons (Fsp3) is 0.182. The van der Waals surface area contributed by atoms with Crippen LogP contribution in [0.4, 0.5) is 0 Å². The summed E-state index contributed by atoms with van der Waals surface area (Å²) >= 11 is 0. The summed E-state index contributed by atoms with van der Waals surface area (Å²) in [6, 6.07) is 6.84. The third-order valence-corrected chi connectivity index (χ3v) is 2.14. The van der Waals surface area contributed by atoms with E-state index in [0.29, 0.717) is 23.6 Å². The Balaban J connectivity index is 2.05. The molecule has 3 N–H and O–H groups in total. The number of nitrogens with one attached hydrogen (secondary N) is 1. The predicted molar refractivity (Wildman–Crippen MR) is 57.6 cm³/mol. The Morgan fingerprint density at radius 3 is 3.00 bits per heavy atom. The number of ether oxygens (including phenoxy) is 1. The molecule has 0 bridgehead atoms. The maximum Gasteiger partial charge on any atom is 0.252 e. The molecule has 1 aliphatic heterocycles. The summed E-state index contributed by atoms with van der Waals surface area (Å²) in [7, 11) is 0. The molecule has 2 rings (SSSR count). The third kappa shape index (κ3) is 2.32. The molecule has 0 unspecified atom stereocenters. The summed E-state index contributed by atoms with van der Waals surface area (Å²) in [6.07, 6.45) is 1.87. The number of rotatable bonds is 4. The minimum absolute atomic E-state index is 0.275. The summed E-state index contributed by atoms with van der Waals surface area (Å²) < 4.78 is 5.45. The van der Waals surface area contributed by atoms with Crippen LogP contribution in [0.1, 0.15) is 10.4 Å². The molecule has 84 valence electrons. The van der Waals surface area contributed by atoms with Gasteiger partial charge in [0.25, 0.3) is 5.91 Å². The number of hydrogen-bond acceptors (Lipinski definition) is 4. The standard InChI is InChI=1S/C11H12N2O3/c12-11(14)9-3-1-2-4-10(9)15-7-8-5-6-13-16-8/h1-5,13H,6-7H2,(H2,12,14). The van der Waals surface area contributed by atoms with Gasteiger partial charge in [0, 0.05) is 0 Å². The van der Waals surface area contributed by atoms with Crippen molar-refractivity contribution in [2.45, 2.75) is 0 Å². The van der Waals surface area contributed by atoms with Crippen molar-refractivity contribution in [3.8, 4) is 5.75 Å². The first-order valence-electron chi connectivity index (χ1n) is 4.88. The van der Waals surface area contributed by atoms with E-state index in [9.17, 15) is 4.79 Å². The SMILES string of the molecule is NC(=O)c1ccccc1OCC1=CCNO1. The molecule has 1 aliphatic rings. The molecular weight excluding hydrogens is 208 g/mol. The van der Waals surface area contributed by atoms with Crippen molar-refractivity contribution in [1.82, 2.24) is 5.48 Å². The highest BCUT2D eigenvalue weighted by Crippen LogP contribution is 2.18. The van der Waals surface area contributed by atoms with Gasteiger partial charge in [0.1, 0.15) is 12.4 Å². The molecule has 5 heteroatoms. The quantitative estimate of drug-likeness (QED) is 0.778. The molecule has 0 saturated carbocycles. The summed E-state index contributed by atoms with van der Waals surface area (Å²) in [5, 5.41) is 0. The molecule has 0 saturated heterocycles. The van der Waals surface area contributed by atoms with Crippen LogP contribution in [-0.2, 0) is 4.84 Å². The van der Waals surface area contributed by atoms with Gasteiger partial charge in [0.15, 0.2) is 5.76 Å². The average molecular weight is 220 g/mol. The number of carbonyl (C=O) groups is 1. The van der Waals surface area contributed by atoms with Crippen LogP contribution in [0.3, 0.4) is 0 Å². The second-order valence-corrected chi connectivity index (χ2v) is 3.27. The van der Waals surface area contributed by atoms with Gasteiger partial charge in [-0.1, -0.05) is 12.1 Å². The van der Waals surface area contributed by atoms with Crippen LogP contribution in [0.2, 0.25) is 0 Å². The largest absolute Gasteiger partial charge is 0.485 e. The van der Waals surface area contributed by atoms with Gasteiger partial charge in [-0.05, 0) is 18.2 Å². The lowest BCUT2D eigenvalue weighted by atomic mass is 10.2. The van der Waals surface area contributed by atoms with E-state index in [1.165, 1.54) is 0 Å². The van der Waals surface area contributed by atoms with Crippen molar-refractivity contribution >= 4 is 5.91 Å². The lowest BCUT2D eigenvalue weighted by Crippen LogP contribution is -2.14. The summed E-state index contributed by atoms with van der Waals surface area (Å²) in [6.45, 7) is 0.938. The van der Waals surface area contributed by atoms with E-state index in [1.54, 1.807) is 24.3 Å². The fourth-order valence-corrected chi connectivity index (χ4v) is 1.36. The number of hydroxylamine groups is 1. The zero-order valence-electron chi connectivity index (χ0n) is 8.60. The van der Waals surface area contributed by atoms with Crippen molar-refractivity contribution in [2.75, 3.05) is 13.2 Å². The monoisotopic (exact) mass is 220 g/mol. The van der Waals surface area contributed by atoms with E-state index in [-0.39, 0.29) is 6.61 Å². The molecule has 16 heavy (non-hydrogen) atoms. The molecule has 0 spiro atoms. The second-order valence-electron chi connectivity index (χ2n) is 3.27. The first kappa shape index (κ1) is 10.5. The molecular formula is C11H12N2O3. The lowest BCUT2D eigenvalue weighted by molar-refractivity contribution is 0.0988.